The maximum Gasteiger partial charge on any atom is 0.00225 e. The summed E-state index contributed by atoms with van der Waals surface area (Å²) < 4.78 is 0. The molecule has 0 aromatic heterocycles. The van der Waals surface area contributed by atoms with E-state index in [4.69, 9.17) is 0 Å². The summed E-state index contributed by atoms with van der Waals surface area (Å²) in [7, 11) is 2.33. The maximum atomic E-state index is 3.47. The molecule has 2 heterocycles. The second-order valence-corrected chi connectivity index (χ2v) is 7.27. The summed E-state index contributed by atoms with van der Waals surface area (Å²) in [5.74, 6) is 2.94. The van der Waals surface area contributed by atoms with Crippen LogP contribution in [0.4, 0.5) is 0 Å². The van der Waals surface area contributed by atoms with Crippen LogP contribution in [0.2, 0.25) is 0 Å². The Labute approximate surface area is 118 Å². The van der Waals surface area contributed by atoms with Gasteiger partial charge in [0.1, 0.15) is 0 Å². The molecular formula is C16H31N3. The smallest absolute Gasteiger partial charge is 0.00225 e. The first-order chi connectivity index (χ1) is 9.29. The van der Waals surface area contributed by atoms with Crippen molar-refractivity contribution < 1.29 is 0 Å². The minimum atomic E-state index is 0.936. The number of piperidine rings is 1. The molecule has 3 fully saturated rings. The largest absolute Gasteiger partial charge is 0.317 e. The molecule has 1 N–H and O–H groups in total. The molecule has 0 bridgehead atoms. The Bertz CT molecular complexity index is 271. The number of likely N-dealkylation sites (tertiary alicyclic amines) is 1. The predicted molar refractivity (Wildman–Crippen MR) is 80.4 cm³/mol. The van der Waals surface area contributed by atoms with Crippen LogP contribution in [0.25, 0.3) is 0 Å². The van der Waals surface area contributed by atoms with E-state index in [9.17, 15) is 0 Å². The second-order valence-electron chi connectivity index (χ2n) is 7.27. The fraction of sp³-hybridized carbons (Fsp3) is 1.00. The van der Waals surface area contributed by atoms with Crippen molar-refractivity contribution in [3.8, 4) is 0 Å². The summed E-state index contributed by atoms with van der Waals surface area (Å²) in [6.45, 7) is 9.25. The van der Waals surface area contributed by atoms with E-state index in [1.165, 1.54) is 77.9 Å². The topological polar surface area (TPSA) is 18.5 Å². The van der Waals surface area contributed by atoms with Gasteiger partial charge in [-0.1, -0.05) is 0 Å². The predicted octanol–water partition coefficient (Wildman–Crippen LogP) is 1.65. The lowest BCUT2D eigenvalue weighted by Gasteiger charge is -2.27. The molecule has 3 nitrogen and oxygen atoms in total. The molecule has 0 aromatic carbocycles. The van der Waals surface area contributed by atoms with E-state index in [0.717, 1.165) is 17.8 Å². The van der Waals surface area contributed by atoms with Crippen LogP contribution in [0, 0.1) is 17.8 Å². The normalized spacial score (nSPS) is 30.3. The summed E-state index contributed by atoms with van der Waals surface area (Å²) in [5, 5.41) is 3.47. The molecule has 3 heteroatoms. The van der Waals surface area contributed by atoms with E-state index in [2.05, 4.69) is 22.2 Å². The van der Waals surface area contributed by atoms with Crippen molar-refractivity contribution in [2.75, 3.05) is 52.9 Å². The summed E-state index contributed by atoms with van der Waals surface area (Å²) in [4.78, 5) is 5.34. The Morgan fingerprint density at radius 3 is 2.42 bits per heavy atom. The summed E-state index contributed by atoms with van der Waals surface area (Å²) >= 11 is 0. The van der Waals surface area contributed by atoms with Crippen molar-refractivity contribution in [2.45, 2.75) is 32.1 Å². The Hall–Kier alpha value is -0.120. The Kier molecular flexibility index (Phi) is 4.78. The average Bonchev–Trinajstić information content (AvgIpc) is 3.11. The fourth-order valence-corrected chi connectivity index (χ4v) is 3.91. The van der Waals surface area contributed by atoms with E-state index < -0.39 is 0 Å². The van der Waals surface area contributed by atoms with Crippen molar-refractivity contribution >= 4 is 0 Å². The van der Waals surface area contributed by atoms with Gasteiger partial charge >= 0.3 is 0 Å². The molecule has 19 heavy (non-hydrogen) atoms. The molecule has 110 valence electrons. The van der Waals surface area contributed by atoms with E-state index in [-0.39, 0.29) is 0 Å². The van der Waals surface area contributed by atoms with Crippen molar-refractivity contribution in [3.05, 3.63) is 0 Å². The van der Waals surface area contributed by atoms with E-state index in [0.29, 0.717) is 0 Å². The van der Waals surface area contributed by atoms with E-state index in [1.807, 2.05) is 0 Å². The summed E-state index contributed by atoms with van der Waals surface area (Å²) in [6, 6.07) is 0. The van der Waals surface area contributed by atoms with Gasteiger partial charge in [0.05, 0.1) is 0 Å². The quantitative estimate of drug-likeness (QED) is 0.788. The number of hydrogen-bond donors (Lipinski definition) is 1. The molecule has 0 radical (unpaired) electrons. The van der Waals surface area contributed by atoms with Crippen molar-refractivity contribution in [3.63, 3.8) is 0 Å². The number of nitrogens with one attached hydrogen (secondary N) is 1. The highest BCUT2D eigenvalue weighted by atomic mass is 15.2. The zero-order chi connectivity index (χ0) is 13.1. The highest BCUT2D eigenvalue weighted by Crippen LogP contribution is 2.30. The van der Waals surface area contributed by atoms with Gasteiger partial charge in [-0.15, -0.1) is 0 Å². The lowest BCUT2D eigenvalue weighted by atomic mass is 9.98. The molecule has 1 aliphatic carbocycles. The van der Waals surface area contributed by atoms with Gasteiger partial charge in [-0.25, -0.2) is 0 Å². The number of rotatable bonds is 6. The molecule has 0 amide bonds. The Morgan fingerprint density at radius 2 is 1.68 bits per heavy atom. The maximum absolute atomic E-state index is 3.47. The van der Waals surface area contributed by atoms with Gasteiger partial charge in [-0.2, -0.15) is 0 Å². The monoisotopic (exact) mass is 265 g/mol. The van der Waals surface area contributed by atoms with Gasteiger partial charge in [-0.05, 0) is 76.5 Å². The molecule has 1 unspecified atom stereocenters. The second kappa shape index (κ2) is 6.55. The van der Waals surface area contributed by atoms with Crippen LogP contribution in [-0.2, 0) is 0 Å². The third kappa shape index (κ3) is 4.44. The first kappa shape index (κ1) is 13.8. The highest BCUT2D eigenvalue weighted by molar-refractivity contribution is 4.82. The average molecular weight is 265 g/mol. The first-order valence-corrected chi connectivity index (χ1v) is 8.41. The van der Waals surface area contributed by atoms with Crippen LogP contribution < -0.4 is 5.32 Å². The summed E-state index contributed by atoms with van der Waals surface area (Å²) in [5.41, 5.74) is 0. The van der Waals surface area contributed by atoms with E-state index in [1.54, 1.807) is 0 Å². The zero-order valence-electron chi connectivity index (χ0n) is 12.6. The third-order valence-electron chi connectivity index (χ3n) is 5.18. The highest BCUT2D eigenvalue weighted by Gasteiger charge is 2.28. The van der Waals surface area contributed by atoms with Crippen molar-refractivity contribution in [2.24, 2.45) is 17.8 Å². The van der Waals surface area contributed by atoms with Gasteiger partial charge in [-0.3, -0.25) is 0 Å². The van der Waals surface area contributed by atoms with Crippen LogP contribution >= 0.6 is 0 Å². The van der Waals surface area contributed by atoms with Crippen LogP contribution in [0.5, 0.6) is 0 Å². The van der Waals surface area contributed by atoms with E-state index >= 15 is 0 Å². The van der Waals surface area contributed by atoms with Gasteiger partial charge in [0.15, 0.2) is 0 Å². The third-order valence-corrected chi connectivity index (χ3v) is 5.18. The Morgan fingerprint density at radius 1 is 0.947 bits per heavy atom. The minimum absolute atomic E-state index is 0.936. The molecule has 2 saturated heterocycles. The van der Waals surface area contributed by atoms with Gasteiger partial charge < -0.3 is 15.1 Å². The lowest BCUT2D eigenvalue weighted by Crippen LogP contribution is -2.36. The molecule has 0 aromatic rings. The molecule has 1 saturated carbocycles. The molecule has 0 spiro atoms. The fourth-order valence-electron chi connectivity index (χ4n) is 3.91. The van der Waals surface area contributed by atoms with Gasteiger partial charge in [0.25, 0.3) is 0 Å². The summed E-state index contributed by atoms with van der Waals surface area (Å²) in [6.07, 6.45) is 7.18. The van der Waals surface area contributed by atoms with Crippen LogP contribution in [0.15, 0.2) is 0 Å². The van der Waals surface area contributed by atoms with Gasteiger partial charge in [0.2, 0.25) is 0 Å². The molecule has 1 atom stereocenters. The Balaban J connectivity index is 1.34. The standard InChI is InChI=1S/C16H31N3/c1-18(10-14-2-3-14)11-16-6-9-19(13-16)12-15-4-7-17-8-5-15/h14-17H,2-13H2,1H3. The molecule has 2 aliphatic heterocycles. The molecular weight excluding hydrogens is 234 g/mol. The van der Waals surface area contributed by atoms with Crippen molar-refractivity contribution in [1.29, 1.82) is 0 Å². The number of nitrogens with zero attached hydrogens (tertiary/aromatic N) is 2. The number of hydrogen-bond acceptors (Lipinski definition) is 3. The minimum Gasteiger partial charge on any atom is -0.317 e. The van der Waals surface area contributed by atoms with Crippen LogP contribution in [0.1, 0.15) is 32.1 Å². The van der Waals surface area contributed by atoms with Crippen LogP contribution in [-0.4, -0.2) is 62.7 Å². The van der Waals surface area contributed by atoms with Crippen molar-refractivity contribution in [1.82, 2.24) is 15.1 Å². The zero-order valence-corrected chi connectivity index (χ0v) is 12.6. The SMILES string of the molecule is CN(CC1CC1)CC1CCN(CC2CCNCC2)C1. The van der Waals surface area contributed by atoms with Crippen LogP contribution in [0.3, 0.4) is 0 Å². The molecule has 3 rings (SSSR count). The lowest BCUT2D eigenvalue weighted by molar-refractivity contribution is 0.220. The first-order valence-electron chi connectivity index (χ1n) is 8.41. The molecule has 3 aliphatic rings. The van der Waals surface area contributed by atoms with Gasteiger partial charge in [0, 0.05) is 26.2 Å².